The first kappa shape index (κ1) is 16.8. The van der Waals surface area contributed by atoms with E-state index in [1.165, 1.54) is 11.1 Å². The average Bonchev–Trinajstić information content (AvgIpc) is 3.16. The number of ether oxygens (including phenoxy) is 1. The van der Waals surface area contributed by atoms with Gasteiger partial charge >= 0.3 is 5.63 Å². The van der Waals surface area contributed by atoms with Crippen LogP contribution in [-0.2, 0) is 25.9 Å². The van der Waals surface area contributed by atoms with Crippen molar-refractivity contribution in [1.82, 2.24) is 4.90 Å². The molecule has 0 amide bonds. The van der Waals surface area contributed by atoms with E-state index in [2.05, 4.69) is 11.0 Å². The number of aryl methyl sites for hydroxylation is 2. The molecule has 0 bridgehead atoms. The second kappa shape index (κ2) is 6.39. The summed E-state index contributed by atoms with van der Waals surface area (Å²) in [7, 11) is 0. The maximum atomic E-state index is 12.3. The number of fused-ring (bicyclic) bond motifs is 4. The Morgan fingerprint density at radius 2 is 1.93 bits per heavy atom. The van der Waals surface area contributed by atoms with E-state index in [0.717, 1.165) is 65.2 Å². The van der Waals surface area contributed by atoms with Crippen LogP contribution in [0.2, 0.25) is 5.02 Å². The summed E-state index contributed by atoms with van der Waals surface area (Å²) >= 11 is 5.98. The molecule has 1 aromatic heterocycles. The molecule has 0 spiro atoms. The van der Waals surface area contributed by atoms with E-state index in [1.807, 2.05) is 31.2 Å². The van der Waals surface area contributed by atoms with Crippen LogP contribution >= 0.6 is 11.6 Å². The lowest BCUT2D eigenvalue weighted by Gasteiger charge is -2.30. The lowest BCUT2D eigenvalue weighted by molar-refractivity contribution is 0.0881. The van der Waals surface area contributed by atoms with Gasteiger partial charge in [-0.25, -0.2) is 4.79 Å². The molecule has 2 heterocycles. The molecule has 0 saturated carbocycles. The Bertz CT molecular complexity index is 1100. The van der Waals surface area contributed by atoms with Crippen molar-refractivity contribution in [2.45, 2.75) is 39.3 Å². The summed E-state index contributed by atoms with van der Waals surface area (Å²) < 4.78 is 11.7. The number of nitrogens with zero attached hydrogens (tertiary/aromatic N) is 1. The summed E-state index contributed by atoms with van der Waals surface area (Å²) in [5.74, 6) is 0.857. The lowest BCUT2D eigenvalue weighted by Crippen LogP contribution is -2.32. The Hall–Kier alpha value is -2.30. The van der Waals surface area contributed by atoms with Gasteiger partial charge in [0.25, 0.3) is 0 Å². The van der Waals surface area contributed by atoms with Crippen molar-refractivity contribution >= 4 is 22.6 Å². The van der Waals surface area contributed by atoms with Gasteiger partial charge in [0.15, 0.2) is 0 Å². The van der Waals surface area contributed by atoms with Gasteiger partial charge in [-0.15, -0.1) is 0 Å². The molecule has 2 aliphatic rings. The monoisotopic (exact) mass is 381 g/mol. The molecule has 1 aliphatic carbocycles. The van der Waals surface area contributed by atoms with Crippen molar-refractivity contribution in [3.05, 3.63) is 73.6 Å². The molecule has 27 heavy (non-hydrogen) atoms. The van der Waals surface area contributed by atoms with E-state index in [-0.39, 0.29) is 5.63 Å². The fraction of sp³-hybridized carbons (Fsp3) is 0.318. The standard InChI is InChI=1S/C22H20ClNO3/c1-13-20-15(9-19-17-3-2-4-18(17)22(25)27-21(13)19)11-24(12-26-20)10-14-5-7-16(23)8-6-14/h5-9H,2-4,10-12H2,1H3. The van der Waals surface area contributed by atoms with Gasteiger partial charge in [-0.3, -0.25) is 4.90 Å². The number of rotatable bonds is 2. The van der Waals surface area contributed by atoms with Crippen LogP contribution in [0.5, 0.6) is 5.75 Å². The zero-order valence-corrected chi connectivity index (χ0v) is 15.9. The highest BCUT2D eigenvalue weighted by atomic mass is 35.5. The molecule has 5 rings (SSSR count). The molecule has 0 radical (unpaired) electrons. The lowest BCUT2D eigenvalue weighted by atomic mass is 9.99. The van der Waals surface area contributed by atoms with Crippen molar-refractivity contribution < 1.29 is 9.15 Å². The summed E-state index contributed by atoms with van der Waals surface area (Å²) in [6.45, 7) is 4.11. The van der Waals surface area contributed by atoms with Crippen LogP contribution in [0.3, 0.4) is 0 Å². The number of hydrogen-bond donors (Lipinski definition) is 0. The third kappa shape index (κ3) is 2.84. The highest BCUT2D eigenvalue weighted by Crippen LogP contribution is 2.38. The average molecular weight is 382 g/mol. The quantitative estimate of drug-likeness (QED) is 0.608. The van der Waals surface area contributed by atoms with Crippen LogP contribution in [0.4, 0.5) is 0 Å². The normalized spacial score (nSPS) is 16.2. The Morgan fingerprint density at radius 3 is 2.74 bits per heavy atom. The van der Waals surface area contributed by atoms with Gasteiger partial charge in [-0.05, 0) is 55.5 Å². The van der Waals surface area contributed by atoms with Crippen molar-refractivity contribution in [3.63, 3.8) is 0 Å². The minimum atomic E-state index is -0.182. The van der Waals surface area contributed by atoms with Crippen molar-refractivity contribution in [3.8, 4) is 5.75 Å². The Morgan fingerprint density at radius 1 is 1.15 bits per heavy atom. The fourth-order valence-electron chi connectivity index (χ4n) is 4.34. The first-order chi connectivity index (χ1) is 13.1. The first-order valence-electron chi connectivity index (χ1n) is 9.31. The van der Waals surface area contributed by atoms with Crippen molar-refractivity contribution in [2.75, 3.05) is 6.73 Å². The van der Waals surface area contributed by atoms with Gasteiger partial charge in [-0.2, -0.15) is 0 Å². The summed E-state index contributed by atoms with van der Waals surface area (Å²) in [5.41, 5.74) is 5.82. The largest absolute Gasteiger partial charge is 0.477 e. The zero-order valence-electron chi connectivity index (χ0n) is 15.2. The molecule has 0 N–H and O–H groups in total. The number of hydrogen-bond acceptors (Lipinski definition) is 4. The summed E-state index contributed by atoms with van der Waals surface area (Å²) in [4.78, 5) is 14.6. The molecule has 4 nitrogen and oxygen atoms in total. The Labute approximate surface area is 162 Å². The second-order valence-electron chi connectivity index (χ2n) is 7.45. The highest BCUT2D eigenvalue weighted by Gasteiger charge is 2.26. The summed E-state index contributed by atoms with van der Waals surface area (Å²) in [5, 5.41) is 1.83. The molecule has 0 saturated heterocycles. The Balaban J connectivity index is 1.53. The minimum Gasteiger partial charge on any atom is -0.477 e. The van der Waals surface area contributed by atoms with E-state index in [0.29, 0.717) is 12.3 Å². The molecule has 0 fully saturated rings. The zero-order chi connectivity index (χ0) is 18.5. The minimum absolute atomic E-state index is 0.182. The second-order valence-corrected chi connectivity index (χ2v) is 7.89. The van der Waals surface area contributed by atoms with Crippen LogP contribution < -0.4 is 10.4 Å². The smallest absolute Gasteiger partial charge is 0.339 e. The van der Waals surface area contributed by atoms with Crippen LogP contribution in [0.25, 0.3) is 11.0 Å². The molecular weight excluding hydrogens is 362 g/mol. The Kier molecular flexibility index (Phi) is 3.99. The van der Waals surface area contributed by atoms with E-state index >= 15 is 0 Å². The molecule has 3 aromatic rings. The first-order valence-corrected chi connectivity index (χ1v) is 9.68. The molecule has 0 atom stereocenters. The van der Waals surface area contributed by atoms with Crippen LogP contribution in [0.1, 0.15) is 34.2 Å². The van der Waals surface area contributed by atoms with Gasteiger partial charge in [0.1, 0.15) is 18.1 Å². The van der Waals surface area contributed by atoms with Gasteiger partial charge in [0.2, 0.25) is 0 Å². The van der Waals surface area contributed by atoms with Crippen molar-refractivity contribution in [2.24, 2.45) is 0 Å². The van der Waals surface area contributed by atoms with E-state index in [4.69, 9.17) is 20.8 Å². The van der Waals surface area contributed by atoms with Gasteiger partial charge in [0, 0.05) is 40.2 Å². The third-order valence-electron chi connectivity index (χ3n) is 5.62. The topological polar surface area (TPSA) is 42.7 Å². The maximum Gasteiger partial charge on any atom is 0.339 e. The van der Waals surface area contributed by atoms with E-state index in [1.54, 1.807) is 0 Å². The van der Waals surface area contributed by atoms with Gasteiger partial charge < -0.3 is 9.15 Å². The molecule has 1 aliphatic heterocycles. The number of benzene rings is 2. The molecule has 138 valence electrons. The number of halogens is 1. The predicted octanol–water partition coefficient (Wildman–Crippen LogP) is 4.60. The molecule has 5 heteroatoms. The van der Waals surface area contributed by atoms with Crippen LogP contribution in [0, 0.1) is 6.92 Å². The van der Waals surface area contributed by atoms with Crippen LogP contribution in [-0.4, -0.2) is 11.6 Å². The SMILES string of the molecule is Cc1c2c(cc3c4c(c(=O)oc13)CCC4)CN(Cc1ccc(Cl)cc1)CO2. The highest BCUT2D eigenvalue weighted by molar-refractivity contribution is 6.30. The van der Waals surface area contributed by atoms with Gasteiger partial charge in [0.05, 0.1) is 0 Å². The molecular formula is C22H20ClNO3. The third-order valence-corrected chi connectivity index (χ3v) is 5.88. The van der Waals surface area contributed by atoms with E-state index in [9.17, 15) is 4.79 Å². The summed E-state index contributed by atoms with van der Waals surface area (Å²) in [6, 6.07) is 10.1. The van der Waals surface area contributed by atoms with Crippen LogP contribution in [0.15, 0.2) is 39.5 Å². The molecule has 2 aromatic carbocycles. The molecule has 0 unspecified atom stereocenters. The van der Waals surface area contributed by atoms with Crippen molar-refractivity contribution in [1.29, 1.82) is 0 Å². The summed E-state index contributed by atoms with van der Waals surface area (Å²) in [6.07, 6.45) is 2.79. The fourth-order valence-corrected chi connectivity index (χ4v) is 4.46. The van der Waals surface area contributed by atoms with E-state index < -0.39 is 0 Å². The van der Waals surface area contributed by atoms with Gasteiger partial charge in [-0.1, -0.05) is 23.7 Å². The predicted molar refractivity (Wildman–Crippen MR) is 105 cm³/mol. The maximum absolute atomic E-state index is 12.3.